The molecule has 5 N–H and O–H groups in total. The maximum atomic E-state index is 11.4. The molecule has 7 nitrogen and oxygen atoms in total. The molecule has 1 atom stereocenters. The van der Waals surface area contributed by atoms with Crippen molar-refractivity contribution < 1.29 is 0 Å². The SMILES string of the molecule is CC(CN)CCc1nc2[nH]c(=O)[nH]c(=O)c2[nH]1. The van der Waals surface area contributed by atoms with Gasteiger partial charge < -0.3 is 10.7 Å². The van der Waals surface area contributed by atoms with Gasteiger partial charge in [0.1, 0.15) is 11.3 Å². The Balaban J connectivity index is 2.29. The molecule has 0 bridgehead atoms. The zero-order valence-electron chi connectivity index (χ0n) is 9.54. The summed E-state index contributed by atoms with van der Waals surface area (Å²) in [5.74, 6) is 1.09. The number of fused-ring (bicyclic) bond motifs is 1. The van der Waals surface area contributed by atoms with Crippen molar-refractivity contribution in [2.75, 3.05) is 6.54 Å². The van der Waals surface area contributed by atoms with Crippen LogP contribution in [0.5, 0.6) is 0 Å². The Morgan fingerprint density at radius 1 is 1.29 bits per heavy atom. The molecule has 0 aliphatic heterocycles. The van der Waals surface area contributed by atoms with E-state index >= 15 is 0 Å². The second-order valence-corrected chi connectivity index (χ2v) is 4.19. The van der Waals surface area contributed by atoms with Crippen molar-refractivity contribution in [3.05, 3.63) is 26.7 Å². The molecule has 0 spiro atoms. The molecule has 0 aromatic carbocycles. The maximum absolute atomic E-state index is 11.4. The van der Waals surface area contributed by atoms with Crippen LogP contribution in [0.1, 0.15) is 19.2 Å². The average Bonchev–Trinajstić information content (AvgIpc) is 2.69. The summed E-state index contributed by atoms with van der Waals surface area (Å²) in [5, 5.41) is 0. The molecule has 2 heterocycles. The van der Waals surface area contributed by atoms with Gasteiger partial charge in [0.25, 0.3) is 5.56 Å². The van der Waals surface area contributed by atoms with Gasteiger partial charge in [-0.2, -0.15) is 0 Å². The number of nitrogens with two attached hydrogens (primary N) is 1. The van der Waals surface area contributed by atoms with Crippen LogP contribution < -0.4 is 17.0 Å². The fourth-order valence-electron chi connectivity index (χ4n) is 1.60. The zero-order valence-corrected chi connectivity index (χ0v) is 9.54. The third kappa shape index (κ3) is 2.44. The minimum Gasteiger partial charge on any atom is -0.336 e. The van der Waals surface area contributed by atoms with E-state index in [-0.39, 0.29) is 0 Å². The highest BCUT2D eigenvalue weighted by Crippen LogP contribution is 2.07. The third-order valence-electron chi connectivity index (χ3n) is 2.72. The van der Waals surface area contributed by atoms with E-state index in [0.29, 0.717) is 35.9 Å². The molecular weight excluding hydrogens is 222 g/mol. The number of imidazole rings is 1. The Morgan fingerprint density at radius 2 is 2.06 bits per heavy atom. The Hall–Kier alpha value is -1.89. The fraction of sp³-hybridized carbons (Fsp3) is 0.500. The molecule has 0 aliphatic rings. The number of H-pyrrole nitrogens is 3. The van der Waals surface area contributed by atoms with E-state index in [2.05, 4.69) is 26.9 Å². The van der Waals surface area contributed by atoms with E-state index < -0.39 is 11.2 Å². The fourth-order valence-corrected chi connectivity index (χ4v) is 1.60. The summed E-state index contributed by atoms with van der Waals surface area (Å²) >= 11 is 0. The van der Waals surface area contributed by atoms with Crippen LogP contribution in [0.15, 0.2) is 9.59 Å². The molecule has 0 amide bonds. The van der Waals surface area contributed by atoms with E-state index in [1.165, 1.54) is 0 Å². The van der Waals surface area contributed by atoms with Crippen LogP contribution in [0.25, 0.3) is 11.2 Å². The van der Waals surface area contributed by atoms with Crippen molar-refractivity contribution in [1.29, 1.82) is 0 Å². The second-order valence-electron chi connectivity index (χ2n) is 4.19. The van der Waals surface area contributed by atoms with Gasteiger partial charge in [0.2, 0.25) is 0 Å². The van der Waals surface area contributed by atoms with Gasteiger partial charge in [-0.1, -0.05) is 6.92 Å². The number of aromatic amines is 3. The first kappa shape index (κ1) is 11.6. The van der Waals surface area contributed by atoms with E-state index in [9.17, 15) is 9.59 Å². The van der Waals surface area contributed by atoms with Crippen LogP contribution >= 0.6 is 0 Å². The largest absolute Gasteiger partial charge is 0.336 e. The molecule has 0 fully saturated rings. The smallest absolute Gasteiger partial charge is 0.327 e. The van der Waals surface area contributed by atoms with Gasteiger partial charge in [0, 0.05) is 6.42 Å². The van der Waals surface area contributed by atoms with Crippen LogP contribution in [0.2, 0.25) is 0 Å². The highest BCUT2D eigenvalue weighted by molar-refractivity contribution is 5.68. The highest BCUT2D eigenvalue weighted by atomic mass is 16.2. The second kappa shape index (κ2) is 4.54. The lowest BCUT2D eigenvalue weighted by atomic mass is 10.1. The van der Waals surface area contributed by atoms with Crippen LogP contribution in [0, 0.1) is 5.92 Å². The molecule has 7 heteroatoms. The third-order valence-corrected chi connectivity index (χ3v) is 2.72. The average molecular weight is 237 g/mol. The van der Waals surface area contributed by atoms with Gasteiger partial charge in [-0.3, -0.25) is 14.8 Å². The molecule has 17 heavy (non-hydrogen) atoms. The first-order valence-electron chi connectivity index (χ1n) is 5.51. The van der Waals surface area contributed by atoms with E-state index in [4.69, 9.17) is 5.73 Å². The predicted octanol–water partition coefficient (Wildman–Crippen LogP) is -0.533. The lowest BCUT2D eigenvalue weighted by molar-refractivity contribution is 0.538. The molecule has 2 rings (SSSR count). The predicted molar refractivity (Wildman–Crippen MR) is 63.9 cm³/mol. The van der Waals surface area contributed by atoms with Crippen LogP contribution in [-0.4, -0.2) is 26.5 Å². The summed E-state index contributed by atoms with van der Waals surface area (Å²) in [6.45, 7) is 2.68. The molecule has 0 saturated heterocycles. The zero-order chi connectivity index (χ0) is 12.4. The Labute approximate surface area is 96.5 Å². The summed E-state index contributed by atoms with van der Waals surface area (Å²) in [6, 6.07) is 0. The Morgan fingerprint density at radius 3 is 2.76 bits per heavy atom. The van der Waals surface area contributed by atoms with E-state index in [1.54, 1.807) is 0 Å². The standard InChI is InChI=1S/C10H15N5O2/c1-5(4-11)2-3-6-12-7-8(13-6)14-10(17)15-9(7)16/h5H,2-4,11H2,1H3,(H3,12,13,14,15,16,17). The Kier molecular flexibility index (Phi) is 3.10. The van der Waals surface area contributed by atoms with Gasteiger partial charge in [-0.05, 0) is 18.9 Å². The summed E-state index contributed by atoms with van der Waals surface area (Å²) in [7, 11) is 0. The van der Waals surface area contributed by atoms with E-state index in [1.807, 2.05) is 0 Å². The normalized spacial score (nSPS) is 13.1. The molecule has 92 valence electrons. The molecule has 0 radical (unpaired) electrons. The van der Waals surface area contributed by atoms with Crippen LogP contribution in [0.3, 0.4) is 0 Å². The number of hydrogen-bond donors (Lipinski definition) is 4. The van der Waals surface area contributed by atoms with Crippen molar-refractivity contribution in [3.8, 4) is 0 Å². The highest BCUT2D eigenvalue weighted by Gasteiger charge is 2.08. The number of aromatic nitrogens is 4. The number of aryl methyl sites for hydroxylation is 1. The summed E-state index contributed by atoms with van der Waals surface area (Å²) in [5.41, 5.74) is 5.13. The van der Waals surface area contributed by atoms with Gasteiger partial charge in [0.15, 0.2) is 5.65 Å². The van der Waals surface area contributed by atoms with Crippen molar-refractivity contribution >= 4 is 11.2 Å². The number of rotatable bonds is 4. The van der Waals surface area contributed by atoms with Crippen molar-refractivity contribution in [3.63, 3.8) is 0 Å². The molecule has 1 unspecified atom stereocenters. The molecule has 2 aromatic heterocycles. The monoisotopic (exact) mass is 237 g/mol. The number of nitrogens with zero attached hydrogens (tertiary/aromatic N) is 1. The minimum atomic E-state index is -0.545. The summed E-state index contributed by atoms with van der Waals surface area (Å²) in [4.78, 5) is 34.2. The summed E-state index contributed by atoms with van der Waals surface area (Å²) < 4.78 is 0. The van der Waals surface area contributed by atoms with Crippen molar-refractivity contribution in [1.82, 2.24) is 19.9 Å². The topological polar surface area (TPSA) is 120 Å². The van der Waals surface area contributed by atoms with Gasteiger partial charge in [0.05, 0.1) is 0 Å². The molecule has 2 aromatic rings. The number of nitrogens with one attached hydrogen (secondary N) is 3. The first-order chi connectivity index (χ1) is 8.10. The van der Waals surface area contributed by atoms with E-state index in [0.717, 1.165) is 6.42 Å². The molecule has 0 aliphatic carbocycles. The van der Waals surface area contributed by atoms with Crippen LogP contribution in [0.4, 0.5) is 0 Å². The van der Waals surface area contributed by atoms with Crippen molar-refractivity contribution in [2.24, 2.45) is 11.7 Å². The van der Waals surface area contributed by atoms with Crippen molar-refractivity contribution in [2.45, 2.75) is 19.8 Å². The van der Waals surface area contributed by atoms with Gasteiger partial charge in [-0.15, -0.1) is 0 Å². The molecular formula is C10H15N5O2. The lowest BCUT2D eigenvalue weighted by Gasteiger charge is -2.04. The maximum Gasteiger partial charge on any atom is 0.327 e. The first-order valence-corrected chi connectivity index (χ1v) is 5.51. The van der Waals surface area contributed by atoms with Gasteiger partial charge in [-0.25, -0.2) is 9.78 Å². The molecule has 0 saturated carbocycles. The minimum absolute atomic E-state index is 0.300. The number of hydrogen-bond acceptors (Lipinski definition) is 4. The lowest BCUT2D eigenvalue weighted by Crippen LogP contribution is -2.21. The van der Waals surface area contributed by atoms with Gasteiger partial charge >= 0.3 is 5.69 Å². The quantitative estimate of drug-likeness (QED) is 0.571. The van der Waals surface area contributed by atoms with Crippen LogP contribution in [-0.2, 0) is 6.42 Å². The summed E-state index contributed by atoms with van der Waals surface area (Å²) in [6.07, 6.45) is 1.59. The Bertz CT molecular complexity index is 623.